The zero-order valence-electron chi connectivity index (χ0n) is 6.29. The summed E-state index contributed by atoms with van der Waals surface area (Å²) in [5, 5.41) is 13.0. The highest BCUT2D eigenvalue weighted by atomic mass is 14.2. The molecule has 1 aliphatic rings. The van der Waals surface area contributed by atoms with Gasteiger partial charge in [-0.1, -0.05) is 38.5 Å². The van der Waals surface area contributed by atoms with Gasteiger partial charge in [-0.25, -0.2) is 10.5 Å². The molecule has 0 aliphatic heterocycles. The van der Waals surface area contributed by atoms with Gasteiger partial charge in [0, 0.05) is 13.1 Å². The molecule has 1 saturated carbocycles. The summed E-state index contributed by atoms with van der Waals surface area (Å²) < 4.78 is 0. The molecular weight excluding hydrogens is 124 g/mol. The van der Waals surface area contributed by atoms with Gasteiger partial charge in [-0.15, -0.1) is 0 Å². The van der Waals surface area contributed by atoms with Crippen molar-refractivity contribution in [2.75, 3.05) is 0 Å². The van der Waals surface area contributed by atoms with E-state index in [0.717, 1.165) is 0 Å². The maximum absolute atomic E-state index is 6.50. The van der Waals surface area contributed by atoms with Crippen LogP contribution >= 0.6 is 0 Å². The number of nitrogens with zero attached hydrogens (tertiary/aromatic N) is 2. The van der Waals surface area contributed by atoms with E-state index in [1.54, 1.807) is 0 Å². The van der Waals surface area contributed by atoms with Gasteiger partial charge < -0.3 is 0 Å². The molecule has 0 N–H and O–H groups in total. The second kappa shape index (κ2) is 15.7. The normalized spacial score (nSPS) is 14.8. The number of rotatable bonds is 0. The van der Waals surface area contributed by atoms with Crippen molar-refractivity contribution in [1.82, 2.24) is 0 Å². The molecule has 0 unspecified atom stereocenters. The summed E-state index contributed by atoms with van der Waals surface area (Å²) in [6, 6.07) is 0. The lowest BCUT2D eigenvalue weighted by Crippen LogP contribution is -1.85. The Balaban J connectivity index is 0. The first-order valence-corrected chi connectivity index (χ1v) is 3.52. The lowest BCUT2D eigenvalue weighted by atomic mass is 10.0. The van der Waals surface area contributed by atoms with E-state index >= 15 is 0 Å². The van der Waals surface area contributed by atoms with Gasteiger partial charge in [-0.05, 0) is 0 Å². The molecule has 1 fully saturated rings. The van der Waals surface area contributed by atoms with Gasteiger partial charge in [-0.2, -0.15) is 0 Å². The van der Waals surface area contributed by atoms with Crippen LogP contribution in [0.3, 0.4) is 0 Å². The average Bonchev–Trinajstić information content (AvgIpc) is 2.14. The van der Waals surface area contributed by atoms with Crippen molar-refractivity contribution in [2.24, 2.45) is 0 Å². The lowest BCUT2D eigenvalue weighted by molar-refractivity contribution is 0.504. The Morgan fingerprint density at radius 2 is 0.600 bits per heavy atom. The number of hydrogen-bond acceptors (Lipinski definition) is 2. The van der Waals surface area contributed by atoms with Crippen LogP contribution in [0, 0.1) is 23.7 Å². The van der Waals surface area contributed by atoms with Crippen LogP contribution in [0.25, 0.3) is 0 Å². The third kappa shape index (κ3) is 10.1. The number of nitriles is 2. The van der Waals surface area contributed by atoms with Crippen LogP contribution in [0.4, 0.5) is 0 Å². The third-order valence-electron chi connectivity index (χ3n) is 1.50. The van der Waals surface area contributed by atoms with Crippen LogP contribution < -0.4 is 0 Å². The van der Waals surface area contributed by atoms with E-state index in [2.05, 4.69) is 13.1 Å². The summed E-state index contributed by atoms with van der Waals surface area (Å²) in [5.41, 5.74) is 0. The van der Waals surface area contributed by atoms with Crippen LogP contribution in [0.2, 0.25) is 0 Å². The van der Waals surface area contributed by atoms with Crippen LogP contribution in [0.5, 0.6) is 0 Å². The van der Waals surface area contributed by atoms with Crippen LogP contribution in [-0.4, -0.2) is 0 Å². The van der Waals surface area contributed by atoms with Gasteiger partial charge in [0.1, 0.15) is 0 Å². The molecule has 10 heavy (non-hydrogen) atoms. The van der Waals surface area contributed by atoms with Crippen molar-refractivity contribution in [3.63, 3.8) is 0 Å². The van der Waals surface area contributed by atoms with Crippen molar-refractivity contribution < 1.29 is 0 Å². The maximum atomic E-state index is 6.50. The second-order valence-corrected chi connectivity index (χ2v) is 2.12. The van der Waals surface area contributed by atoms with Gasteiger partial charge >= 0.3 is 0 Å². The Labute approximate surface area is 63.1 Å². The molecule has 0 atom stereocenters. The Morgan fingerprint density at radius 3 is 0.700 bits per heavy atom. The van der Waals surface area contributed by atoms with Crippen LogP contribution in [0.15, 0.2) is 0 Å². The van der Waals surface area contributed by atoms with E-state index in [0.29, 0.717) is 0 Å². The van der Waals surface area contributed by atoms with Crippen molar-refractivity contribution in [3.05, 3.63) is 0 Å². The monoisotopic (exact) mass is 138 g/mol. The Kier molecular flexibility index (Phi) is 18.4. The Hall–Kier alpha value is -1.02. The van der Waals surface area contributed by atoms with Gasteiger partial charge in [0.05, 0.1) is 0 Å². The van der Waals surface area contributed by atoms with Crippen LogP contribution in [-0.2, 0) is 0 Å². The fourth-order valence-corrected chi connectivity index (χ4v) is 1.06. The summed E-state index contributed by atoms with van der Waals surface area (Å²) in [4.78, 5) is 0. The molecule has 2 nitrogen and oxygen atoms in total. The van der Waals surface area contributed by atoms with E-state index in [9.17, 15) is 0 Å². The first-order chi connectivity index (χ1) is 5.00. The molecule has 0 aromatic carbocycles. The Morgan fingerprint density at radius 1 is 0.500 bits per heavy atom. The lowest BCUT2D eigenvalue weighted by Gasteiger charge is -2.05. The smallest absolute Gasteiger partial charge is 0.0462 e. The minimum absolute atomic E-state index is 1.50. The fraction of sp³-hybridized carbons (Fsp3) is 0.750. The van der Waals surface area contributed by atoms with Gasteiger partial charge in [0.25, 0.3) is 0 Å². The van der Waals surface area contributed by atoms with Crippen molar-refractivity contribution in [3.8, 4) is 13.1 Å². The highest BCUT2D eigenvalue weighted by Crippen LogP contribution is 2.15. The topological polar surface area (TPSA) is 47.6 Å². The zero-order valence-corrected chi connectivity index (χ0v) is 6.29. The van der Waals surface area contributed by atoms with E-state index in [1.807, 2.05) is 0 Å². The summed E-state index contributed by atoms with van der Waals surface area (Å²) in [6.07, 6.45) is 9.00. The third-order valence-corrected chi connectivity index (χ3v) is 1.50. The number of hydrogen-bond donors (Lipinski definition) is 0. The first kappa shape index (κ1) is 11.7. The fourth-order valence-electron chi connectivity index (χ4n) is 1.06. The summed E-state index contributed by atoms with van der Waals surface area (Å²) in [5.74, 6) is 0. The molecule has 0 radical (unpaired) electrons. The molecule has 0 amide bonds. The van der Waals surface area contributed by atoms with E-state index in [4.69, 9.17) is 10.5 Å². The maximum Gasteiger partial charge on any atom is 0.0462 e. The second-order valence-electron chi connectivity index (χ2n) is 2.12. The van der Waals surface area contributed by atoms with Crippen molar-refractivity contribution >= 4 is 0 Å². The van der Waals surface area contributed by atoms with E-state index in [1.165, 1.54) is 38.5 Å². The molecule has 0 bridgehead atoms. The molecule has 1 aliphatic carbocycles. The Bertz CT molecular complexity index is 62.2. The van der Waals surface area contributed by atoms with Crippen LogP contribution in [0.1, 0.15) is 38.5 Å². The molecule has 0 saturated heterocycles. The molecule has 2 heteroatoms. The van der Waals surface area contributed by atoms with Gasteiger partial charge in [-0.3, -0.25) is 0 Å². The SMILES string of the molecule is C#N.C#N.C1CCCCC1. The molecule has 56 valence electrons. The molecule has 0 aromatic rings. The molecule has 1 rings (SSSR count). The van der Waals surface area contributed by atoms with Crippen molar-refractivity contribution in [1.29, 1.82) is 10.5 Å². The first-order valence-electron chi connectivity index (χ1n) is 3.52. The summed E-state index contributed by atoms with van der Waals surface area (Å²) in [7, 11) is 0. The summed E-state index contributed by atoms with van der Waals surface area (Å²) in [6.45, 7) is 7.00. The largest absolute Gasteiger partial charge is 0.202 e. The highest BCUT2D eigenvalue weighted by molar-refractivity contribution is 4.51. The quantitative estimate of drug-likeness (QED) is 0.516. The summed E-state index contributed by atoms with van der Waals surface area (Å²) >= 11 is 0. The average molecular weight is 138 g/mol. The van der Waals surface area contributed by atoms with Gasteiger partial charge in [0.2, 0.25) is 0 Å². The van der Waals surface area contributed by atoms with Crippen molar-refractivity contribution in [2.45, 2.75) is 38.5 Å². The highest BCUT2D eigenvalue weighted by Gasteiger charge is 1.95. The van der Waals surface area contributed by atoms with E-state index < -0.39 is 0 Å². The van der Waals surface area contributed by atoms with Gasteiger partial charge in [0.15, 0.2) is 0 Å². The molecule has 0 aromatic heterocycles. The predicted molar refractivity (Wildman–Crippen MR) is 41.0 cm³/mol. The van der Waals surface area contributed by atoms with E-state index in [-0.39, 0.29) is 0 Å². The molecule has 0 heterocycles. The molecular formula is C8H14N2. The predicted octanol–water partition coefficient (Wildman–Crippen LogP) is 2.62. The molecule has 0 spiro atoms. The minimum atomic E-state index is 1.50. The minimum Gasteiger partial charge on any atom is -0.202 e. The zero-order chi connectivity index (χ0) is 8.24. The standard InChI is InChI=1S/C6H12.2CHN/c1-2-4-6-5-3-1;2*1-2/h1-6H2;2*1H.